The van der Waals surface area contributed by atoms with Gasteiger partial charge in [-0.05, 0) is 55.1 Å². The van der Waals surface area contributed by atoms with Gasteiger partial charge in [0.25, 0.3) is 0 Å². The molecule has 1 atom stereocenters. The summed E-state index contributed by atoms with van der Waals surface area (Å²) in [5.74, 6) is 1.50. The molecule has 0 bridgehead atoms. The van der Waals surface area contributed by atoms with E-state index >= 15 is 0 Å². The second kappa shape index (κ2) is 6.77. The first-order chi connectivity index (χ1) is 10.4. The number of benzene rings is 2. The summed E-state index contributed by atoms with van der Waals surface area (Å²) in [5.41, 5.74) is 4.27. The molecule has 0 spiro atoms. The fraction of sp³-hybridized carbons (Fsp3) is 0.368. The van der Waals surface area contributed by atoms with Crippen molar-refractivity contribution in [3.63, 3.8) is 0 Å². The SMILES string of the molecule is CNCc1ccc(OCC2CCCc3ccccc32)cc1. The van der Waals surface area contributed by atoms with Crippen molar-refractivity contribution in [3.8, 4) is 5.75 Å². The van der Waals surface area contributed by atoms with E-state index in [0.29, 0.717) is 5.92 Å². The summed E-state index contributed by atoms with van der Waals surface area (Å²) in [6.07, 6.45) is 3.71. The van der Waals surface area contributed by atoms with Crippen molar-refractivity contribution in [2.45, 2.75) is 31.7 Å². The van der Waals surface area contributed by atoms with Crippen LogP contribution in [-0.2, 0) is 13.0 Å². The number of aryl methyl sites for hydroxylation is 1. The lowest BCUT2D eigenvalue weighted by atomic mass is 9.83. The Bertz CT molecular complexity index is 576. The minimum atomic E-state index is 0.534. The van der Waals surface area contributed by atoms with Crippen molar-refractivity contribution >= 4 is 0 Å². The summed E-state index contributed by atoms with van der Waals surface area (Å²) in [4.78, 5) is 0. The third-order valence-electron chi connectivity index (χ3n) is 4.25. The van der Waals surface area contributed by atoms with Gasteiger partial charge in [-0.15, -0.1) is 0 Å². The van der Waals surface area contributed by atoms with Crippen molar-refractivity contribution in [1.82, 2.24) is 5.32 Å². The number of rotatable bonds is 5. The quantitative estimate of drug-likeness (QED) is 0.897. The van der Waals surface area contributed by atoms with Crippen LogP contribution in [0.1, 0.15) is 35.4 Å². The van der Waals surface area contributed by atoms with E-state index in [4.69, 9.17) is 4.74 Å². The molecule has 110 valence electrons. The molecule has 1 N–H and O–H groups in total. The molecule has 2 aromatic carbocycles. The van der Waals surface area contributed by atoms with Gasteiger partial charge in [-0.1, -0.05) is 36.4 Å². The minimum absolute atomic E-state index is 0.534. The first-order valence-electron chi connectivity index (χ1n) is 7.81. The predicted octanol–water partition coefficient (Wildman–Crippen LogP) is 3.90. The van der Waals surface area contributed by atoms with Gasteiger partial charge in [0, 0.05) is 12.5 Å². The summed E-state index contributed by atoms with van der Waals surface area (Å²) in [6, 6.07) is 17.2. The molecule has 3 rings (SSSR count). The molecule has 0 saturated heterocycles. The third kappa shape index (κ3) is 3.45. The largest absolute Gasteiger partial charge is 0.493 e. The number of hydrogen-bond acceptors (Lipinski definition) is 2. The van der Waals surface area contributed by atoms with Crippen LogP contribution >= 0.6 is 0 Å². The molecule has 0 fully saturated rings. The van der Waals surface area contributed by atoms with Crippen LogP contribution in [0, 0.1) is 0 Å². The van der Waals surface area contributed by atoms with E-state index in [1.165, 1.54) is 36.0 Å². The molecular formula is C19H23NO. The second-order valence-corrected chi connectivity index (χ2v) is 5.77. The first kappa shape index (κ1) is 14.2. The fourth-order valence-corrected chi connectivity index (χ4v) is 3.13. The van der Waals surface area contributed by atoms with Crippen LogP contribution in [0.2, 0.25) is 0 Å². The van der Waals surface area contributed by atoms with Crippen molar-refractivity contribution in [2.75, 3.05) is 13.7 Å². The minimum Gasteiger partial charge on any atom is -0.493 e. The van der Waals surface area contributed by atoms with Crippen molar-refractivity contribution in [3.05, 3.63) is 65.2 Å². The maximum atomic E-state index is 6.02. The van der Waals surface area contributed by atoms with E-state index in [1.807, 2.05) is 7.05 Å². The average Bonchev–Trinajstić information content (AvgIpc) is 2.54. The summed E-state index contributed by atoms with van der Waals surface area (Å²) < 4.78 is 6.02. The van der Waals surface area contributed by atoms with Crippen LogP contribution in [0.15, 0.2) is 48.5 Å². The summed E-state index contributed by atoms with van der Waals surface area (Å²) in [5, 5.41) is 3.16. The molecule has 0 aliphatic heterocycles. The maximum Gasteiger partial charge on any atom is 0.119 e. The summed E-state index contributed by atoms with van der Waals surface area (Å²) in [6.45, 7) is 1.68. The Kier molecular flexibility index (Phi) is 4.56. The molecule has 0 aromatic heterocycles. The van der Waals surface area contributed by atoms with Crippen LogP contribution in [0.4, 0.5) is 0 Å². The number of nitrogens with one attached hydrogen (secondary N) is 1. The molecule has 1 unspecified atom stereocenters. The molecule has 0 amide bonds. The van der Waals surface area contributed by atoms with Gasteiger partial charge in [0.15, 0.2) is 0 Å². The molecular weight excluding hydrogens is 258 g/mol. The zero-order chi connectivity index (χ0) is 14.5. The average molecular weight is 281 g/mol. The standard InChI is InChI=1S/C19H23NO/c1-20-13-15-9-11-18(12-10-15)21-14-17-7-4-6-16-5-2-3-8-19(16)17/h2-3,5,8-12,17,20H,4,6-7,13-14H2,1H3. The monoisotopic (exact) mass is 281 g/mol. The Morgan fingerprint density at radius 2 is 1.90 bits per heavy atom. The Morgan fingerprint density at radius 3 is 2.71 bits per heavy atom. The molecule has 0 heterocycles. The van der Waals surface area contributed by atoms with E-state index in [0.717, 1.165) is 18.9 Å². The van der Waals surface area contributed by atoms with Gasteiger partial charge in [0.2, 0.25) is 0 Å². The van der Waals surface area contributed by atoms with Crippen molar-refractivity contribution < 1.29 is 4.74 Å². The molecule has 0 radical (unpaired) electrons. The van der Waals surface area contributed by atoms with Crippen LogP contribution < -0.4 is 10.1 Å². The summed E-state index contributed by atoms with van der Waals surface area (Å²) >= 11 is 0. The third-order valence-corrected chi connectivity index (χ3v) is 4.25. The van der Waals surface area contributed by atoms with Crippen molar-refractivity contribution in [2.24, 2.45) is 0 Å². The fourth-order valence-electron chi connectivity index (χ4n) is 3.13. The predicted molar refractivity (Wildman–Crippen MR) is 86.8 cm³/mol. The highest BCUT2D eigenvalue weighted by Crippen LogP contribution is 2.31. The molecule has 1 aliphatic rings. The molecule has 2 nitrogen and oxygen atoms in total. The highest BCUT2D eigenvalue weighted by Gasteiger charge is 2.20. The zero-order valence-corrected chi connectivity index (χ0v) is 12.6. The van der Waals surface area contributed by atoms with Gasteiger partial charge in [-0.3, -0.25) is 0 Å². The summed E-state index contributed by atoms with van der Waals surface area (Å²) in [7, 11) is 1.96. The van der Waals surface area contributed by atoms with Crippen molar-refractivity contribution in [1.29, 1.82) is 0 Å². The van der Waals surface area contributed by atoms with Gasteiger partial charge in [-0.2, -0.15) is 0 Å². The van der Waals surface area contributed by atoms with E-state index < -0.39 is 0 Å². The Morgan fingerprint density at radius 1 is 1.10 bits per heavy atom. The molecule has 2 aromatic rings. The van der Waals surface area contributed by atoms with Crippen LogP contribution in [-0.4, -0.2) is 13.7 Å². The van der Waals surface area contributed by atoms with E-state index in [9.17, 15) is 0 Å². The normalized spacial score (nSPS) is 17.3. The number of hydrogen-bond donors (Lipinski definition) is 1. The molecule has 2 heteroatoms. The van der Waals surface area contributed by atoms with Gasteiger partial charge in [-0.25, -0.2) is 0 Å². The van der Waals surface area contributed by atoms with Gasteiger partial charge in [0.05, 0.1) is 6.61 Å². The van der Waals surface area contributed by atoms with Gasteiger partial charge >= 0.3 is 0 Å². The van der Waals surface area contributed by atoms with E-state index in [2.05, 4.69) is 53.8 Å². The van der Waals surface area contributed by atoms with Crippen LogP contribution in [0.25, 0.3) is 0 Å². The van der Waals surface area contributed by atoms with Gasteiger partial charge in [0.1, 0.15) is 5.75 Å². The highest BCUT2D eigenvalue weighted by atomic mass is 16.5. The molecule has 0 saturated carbocycles. The Labute approximate surface area is 127 Å². The first-order valence-corrected chi connectivity index (χ1v) is 7.81. The maximum absolute atomic E-state index is 6.02. The lowest BCUT2D eigenvalue weighted by Crippen LogP contribution is -2.16. The molecule has 1 aliphatic carbocycles. The zero-order valence-electron chi connectivity index (χ0n) is 12.6. The van der Waals surface area contributed by atoms with E-state index in [1.54, 1.807) is 0 Å². The number of ether oxygens (including phenoxy) is 1. The lowest BCUT2D eigenvalue weighted by molar-refractivity contribution is 0.274. The van der Waals surface area contributed by atoms with Crippen LogP contribution in [0.5, 0.6) is 5.75 Å². The molecule has 21 heavy (non-hydrogen) atoms. The smallest absolute Gasteiger partial charge is 0.119 e. The second-order valence-electron chi connectivity index (χ2n) is 5.77. The number of fused-ring (bicyclic) bond motifs is 1. The Balaban J connectivity index is 1.63. The van der Waals surface area contributed by atoms with Crippen LogP contribution in [0.3, 0.4) is 0 Å². The van der Waals surface area contributed by atoms with E-state index in [-0.39, 0.29) is 0 Å². The Hall–Kier alpha value is -1.80. The highest BCUT2D eigenvalue weighted by molar-refractivity contribution is 5.33. The van der Waals surface area contributed by atoms with Gasteiger partial charge < -0.3 is 10.1 Å². The lowest BCUT2D eigenvalue weighted by Gasteiger charge is -2.25. The topological polar surface area (TPSA) is 21.3 Å².